The van der Waals surface area contributed by atoms with E-state index < -0.39 is 0 Å². The maximum atomic E-state index is 13.1. The Hall–Kier alpha value is -1.48. The summed E-state index contributed by atoms with van der Waals surface area (Å²) in [6.07, 6.45) is 0.314. The van der Waals surface area contributed by atoms with Crippen molar-refractivity contribution < 1.29 is 9.18 Å². The van der Waals surface area contributed by atoms with Gasteiger partial charge in [-0.3, -0.25) is 4.79 Å². The van der Waals surface area contributed by atoms with E-state index in [1.54, 1.807) is 12.1 Å². The number of carbonyl (C=O) groups excluding carboxylic acids is 1. The maximum Gasteiger partial charge on any atom is 0.144 e. The highest BCUT2D eigenvalue weighted by Gasteiger charge is 2.15. The van der Waals surface area contributed by atoms with Crippen molar-refractivity contribution in [2.45, 2.75) is 19.3 Å². The molecule has 0 radical (unpaired) electrons. The number of hydrogen-bond donors (Lipinski definition) is 0. The van der Waals surface area contributed by atoms with Gasteiger partial charge in [-0.25, -0.2) is 4.39 Å². The molecular formula is C16H14BrFO. The molecule has 1 nitrogen and oxygen atoms in total. The monoisotopic (exact) mass is 320 g/mol. The van der Waals surface area contributed by atoms with Gasteiger partial charge in [0.2, 0.25) is 0 Å². The molecule has 3 heteroatoms. The van der Waals surface area contributed by atoms with Crippen LogP contribution in [0, 0.1) is 5.82 Å². The fourth-order valence-corrected chi connectivity index (χ4v) is 2.36. The normalized spacial score (nSPS) is 12.2. The molecule has 0 saturated carbocycles. The van der Waals surface area contributed by atoms with Crippen LogP contribution in [0.5, 0.6) is 0 Å². The predicted molar refractivity (Wildman–Crippen MR) is 77.7 cm³/mol. The van der Waals surface area contributed by atoms with Crippen LogP contribution in [0.2, 0.25) is 0 Å². The Morgan fingerprint density at radius 1 is 1.21 bits per heavy atom. The summed E-state index contributed by atoms with van der Waals surface area (Å²) in [7, 11) is 0. The summed E-state index contributed by atoms with van der Waals surface area (Å²) in [5, 5.41) is 0. The number of carbonyl (C=O) groups is 1. The van der Waals surface area contributed by atoms with E-state index in [0.29, 0.717) is 10.9 Å². The van der Waals surface area contributed by atoms with E-state index in [0.717, 1.165) is 11.1 Å². The topological polar surface area (TPSA) is 17.1 Å². The van der Waals surface area contributed by atoms with E-state index in [4.69, 9.17) is 0 Å². The lowest BCUT2D eigenvalue weighted by Crippen LogP contribution is -2.12. The first kappa shape index (κ1) is 13.9. The highest BCUT2D eigenvalue weighted by molar-refractivity contribution is 9.10. The Labute approximate surface area is 120 Å². The number of halogens is 2. The summed E-state index contributed by atoms with van der Waals surface area (Å²) in [6, 6.07) is 14.4. The fourth-order valence-electron chi connectivity index (χ4n) is 1.93. The fraction of sp³-hybridized carbons (Fsp3) is 0.188. The van der Waals surface area contributed by atoms with Gasteiger partial charge in [-0.2, -0.15) is 0 Å². The van der Waals surface area contributed by atoms with Gasteiger partial charge in [0.15, 0.2) is 0 Å². The van der Waals surface area contributed by atoms with Gasteiger partial charge in [0.05, 0.1) is 4.47 Å². The summed E-state index contributed by atoms with van der Waals surface area (Å²) in [6.45, 7) is 1.90. The first-order chi connectivity index (χ1) is 9.08. The molecule has 98 valence electrons. The third kappa shape index (κ3) is 3.51. The quantitative estimate of drug-likeness (QED) is 0.810. The third-order valence-corrected chi connectivity index (χ3v) is 3.75. The molecule has 0 spiro atoms. The average molecular weight is 321 g/mol. The molecule has 0 saturated heterocycles. The lowest BCUT2D eigenvalue weighted by Gasteiger charge is -2.11. The van der Waals surface area contributed by atoms with Crippen LogP contribution in [-0.2, 0) is 11.2 Å². The van der Waals surface area contributed by atoms with Gasteiger partial charge in [-0.05, 0) is 39.2 Å². The van der Waals surface area contributed by atoms with E-state index in [9.17, 15) is 9.18 Å². The molecule has 0 fully saturated rings. The van der Waals surface area contributed by atoms with Crippen molar-refractivity contribution in [1.29, 1.82) is 0 Å². The summed E-state index contributed by atoms with van der Waals surface area (Å²) >= 11 is 3.13. The average Bonchev–Trinajstić information content (AvgIpc) is 2.43. The molecule has 2 aromatic carbocycles. The molecule has 0 aliphatic heterocycles. The van der Waals surface area contributed by atoms with Gasteiger partial charge in [0.1, 0.15) is 11.6 Å². The molecule has 0 aliphatic rings. The Bertz CT molecular complexity index is 581. The molecule has 2 aromatic rings. The number of benzene rings is 2. The summed E-state index contributed by atoms with van der Waals surface area (Å²) in [4.78, 5) is 12.2. The lowest BCUT2D eigenvalue weighted by molar-refractivity contribution is -0.119. The maximum absolute atomic E-state index is 13.1. The molecule has 0 heterocycles. The summed E-state index contributed by atoms with van der Waals surface area (Å²) in [5.74, 6) is -0.331. The van der Waals surface area contributed by atoms with Crippen LogP contribution in [-0.4, -0.2) is 5.78 Å². The second-order valence-corrected chi connectivity index (χ2v) is 5.38. The number of ketones is 1. The molecular weight excluding hydrogens is 307 g/mol. The Morgan fingerprint density at radius 2 is 1.89 bits per heavy atom. The van der Waals surface area contributed by atoms with Crippen LogP contribution in [0.3, 0.4) is 0 Å². The molecule has 1 atom stereocenters. The summed E-state index contributed by atoms with van der Waals surface area (Å²) < 4.78 is 13.5. The van der Waals surface area contributed by atoms with Gasteiger partial charge in [0, 0.05) is 12.3 Å². The molecule has 0 aromatic heterocycles. The molecule has 2 rings (SSSR count). The second-order valence-electron chi connectivity index (χ2n) is 4.52. The van der Waals surface area contributed by atoms with Crippen molar-refractivity contribution in [3.05, 3.63) is 69.9 Å². The Morgan fingerprint density at radius 3 is 2.53 bits per heavy atom. The van der Waals surface area contributed by atoms with Crippen molar-refractivity contribution >= 4 is 21.7 Å². The third-order valence-electron chi connectivity index (χ3n) is 3.14. The minimum atomic E-state index is -0.313. The van der Waals surface area contributed by atoms with Crippen molar-refractivity contribution in [2.24, 2.45) is 0 Å². The van der Waals surface area contributed by atoms with Crippen LogP contribution in [0.25, 0.3) is 0 Å². The van der Waals surface area contributed by atoms with Crippen molar-refractivity contribution in [3.8, 4) is 0 Å². The highest BCUT2D eigenvalue weighted by Crippen LogP contribution is 2.21. The largest absolute Gasteiger partial charge is 0.299 e. The zero-order chi connectivity index (χ0) is 13.8. The van der Waals surface area contributed by atoms with Gasteiger partial charge < -0.3 is 0 Å². The second kappa shape index (κ2) is 6.11. The first-order valence-electron chi connectivity index (χ1n) is 6.09. The molecule has 0 aliphatic carbocycles. The Kier molecular flexibility index (Phi) is 4.48. The van der Waals surface area contributed by atoms with Gasteiger partial charge in [0.25, 0.3) is 0 Å². The van der Waals surface area contributed by atoms with Crippen LogP contribution < -0.4 is 0 Å². The molecule has 0 N–H and O–H groups in total. The van der Waals surface area contributed by atoms with Gasteiger partial charge in [-0.1, -0.05) is 43.3 Å². The number of hydrogen-bond acceptors (Lipinski definition) is 1. The molecule has 1 unspecified atom stereocenters. The van der Waals surface area contributed by atoms with E-state index in [1.165, 1.54) is 6.07 Å². The van der Waals surface area contributed by atoms with Crippen LogP contribution in [0.1, 0.15) is 24.0 Å². The minimum absolute atomic E-state index is 0.129. The van der Waals surface area contributed by atoms with Crippen molar-refractivity contribution in [2.75, 3.05) is 0 Å². The minimum Gasteiger partial charge on any atom is -0.299 e. The van der Waals surface area contributed by atoms with E-state index in [1.807, 2.05) is 37.3 Å². The number of rotatable bonds is 4. The molecule has 19 heavy (non-hydrogen) atoms. The van der Waals surface area contributed by atoms with Gasteiger partial charge in [-0.15, -0.1) is 0 Å². The van der Waals surface area contributed by atoms with Crippen molar-refractivity contribution in [3.63, 3.8) is 0 Å². The zero-order valence-corrected chi connectivity index (χ0v) is 12.2. The van der Waals surface area contributed by atoms with E-state index in [-0.39, 0.29) is 17.5 Å². The van der Waals surface area contributed by atoms with Crippen LogP contribution in [0.15, 0.2) is 53.0 Å². The Balaban J connectivity index is 2.10. The van der Waals surface area contributed by atoms with E-state index in [2.05, 4.69) is 15.9 Å². The van der Waals surface area contributed by atoms with Crippen molar-refractivity contribution in [1.82, 2.24) is 0 Å². The van der Waals surface area contributed by atoms with Crippen LogP contribution in [0.4, 0.5) is 4.39 Å². The van der Waals surface area contributed by atoms with Crippen LogP contribution >= 0.6 is 15.9 Å². The zero-order valence-electron chi connectivity index (χ0n) is 10.6. The molecule has 0 bridgehead atoms. The first-order valence-corrected chi connectivity index (χ1v) is 6.89. The standard InChI is InChI=1S/C16H14BrFO/c1-11(13-5-3-2-4-6-13)16(19)10-12-7-8-15(18)14(17)9-12/h2-9,11H,10H2,1H3. The highest BCUT2D eigenvalue weighted by atomic mass is 79.9. The van der Waals surface area contributed by atoms with Gasteiger partial charge >= 0.3 is 0 Å². The smallest absolute Gasteiger partial charge is 0.144 e. The number of Topliss-reactive ketones (excluding diaryl/α,β-unsaturated/α-hetero) is 1. The molecule has 0 amide bonds. The SMILES string of the molecule is CC(C(=O)Cc1ccc(F)c(Br)c1)c1ccccc1. The van der Waals surface area contributed by atoms with E-state index >= 15 is 0 Å². The summed E-state index contributed by atoms with van der Waals surface area (Å²) in [5.41, 5.74) is 1.83. The predicted octanol–water partition coefficient (Wildman–Crippen LogP) is 4.50. The lowest BCUT2D eigenvalue weighted by atomic mass is 9.93.